The fraction of sp³-hybridized carbons (Fsp3) is 0.100. The third-order valence-electron chi connectivity index (χ3n) is 4.17. The summed E-state index contributed by atoms with van der Waals surface area (Å²) in [5.41, 5.74) is 4.06. The Labute approximate surface area is 140 Å². The Morgan fingerprint density at radius 1 is 1.00 bits per heavy atom. The lowest BCUT2D eigenvalue weighted by Crippen LogP contribution is -2.07. The number of benzene rings is 2. The Morgan fingerprint density at radius 3 is 2.79 bits per heavy atom. The highest BCUT2D eigenvalue weighted by Gasteiger charge is 2.11. The molecule has 2 aromatic carbocycles. The first kappa shape index (κ1) is 14.6. The van der Waals surface area contributed by atoms with E-state index in [0.29, 0.717) is 6.54 Å². The molecule has 0 aliphatic rings. The molecule has 0 saturated carbocycles. The molecule has 4 rings (SSSR count). The molecule has 2 heterocycles. The molecule has 0 saturated heterocycles. The average Bonchev–Trinajstić information content (AvgIpc) is 3.14. The van der Waals surface area contributed by atoms with E-state index < -0.39 is 6.10 Å². The zero-order valence-electron chi connectivity index (χ0n) is 13.1. The Kier molecular flexibility index (Phi) is 3.81. The minimum absolute atomic E-state index is 0.487. The smallest absolute Gasteiger partial charge is 0.0969 e. The maximum Gasteiger partial charge on any atom is 0.0969 e. The first-order chi connectivity index (χ1) is 11.8. The quantitative estimate of drug-likeness (QED) is 0.622. The van der Waals surface area contributed by atoms with Crippen molar-refractivity contribution in [2.24, 2.45) is 0 Å². The topological polar surface area (TPSA) is 50.9 Å². The zero-order valence-corrected chi connectivity index (χ0v) is 13.1. The molecular weight excluding hydrogens is 298 g/mol. The summed E-state index contributed by atoms with van der Waals surface area (Å²) in [6.45, 7) is 0.487. The number of fused-ring (bicyclic) bond motifs is 1. The van der Waals surface area contributed by atoms with Gasteiger partial charge >= 0.3 is 0 Å². The largest absolute Gasteiger partial charge is 0.387 e. The van der Waals surface area contributed by atoms with Crippen molar-refractivity contribution in [2.45, 2.75) is 12.6 Å². The Morgan fingerprint density at radius 2 is 1.92 bits per heavy atom. The highest BCUT2D eigenvalue weighted by molar-refractivity contribution is 5.94. The number of para-hydroxylation sites is 1. The molecule has 0 spiro atoms. The van der Waals surface area contributed by atoms with Crippen LogP contribution in [0.3, 0.4) is 0 Å². The Hall–Kier alpha value is -2.98. The van der Waals surface area contributed by atoms with E-state index >= 15 is 0 Å². The maximum absolute atomic E-state index is 10.5. The first-order valence-electron chi connectivity index (χ1n) is 7.89. The van der Waals surface area contributed by atoms with Crippen LogP contribution < -0.4 is 0 Å². The van der Waals surface area contributed by atoms with Crippen LogP contribution in [-0.4, -0.2) is 19.6 Å². The molecule has 1 N–H and O–H groups in total. The van der Waals surface area contributed by atoms with Gasteiger partial charge in [-0.05, 0) is 34.9 Å². The molecule has 1 unspecified atom stereocenters. The third kappa shape index (κ3) is 2.79. The lowest BCUT2D eigenvalue weighted by atomic mass is 9.98. The molecular formula is C20H17N3O. The van der Waals surface area contributed by atoms with E-state index in [9.17, 15) is 5.11 Å². The summed E-state index contributed by atoms with van der Waals surface area (Å²) in [4.78, 5) is 8.43. The van der Waals surface area contributed by atoms with E-state index in [1.165, 1.54) is 0 Å². The average molecular weight is 315 g/mol. The monoisotopic (exact) mass is 315 g/mol. The highest BCUT2D eigenvalue weighted by atomic mass is 16.3. The van der Waals surface area contributed by atoms with Crippen molar-refractivity contribution >= 4 is 10.9 Å². The Bertz CT molecular complexity index is 958. The van der Waals surface area contributed by atoms with Gasteiger partial charge in [0.25, 0.3) is 0 Å². The molecule has 0 radical (unpaired) electrons. The summed E-state index contributed by atoms with van der Waals surface area (Å²) in [6, 6.07) is 18.2. The summed E-state index contributed by atoms with van der Waals surface area (Å²) in [5.74, 6) is 0. The second-order valence-electron chi connectivity index (χ2n) is 5.78. The minimum Gasteiger partial charge on any atom is -0.387 e. The number of aliphatic hydroxyl groups excluding tert-OH is 1. The van der Waals surface area contributed by atoms with Crippen molar-refractivity contribution in [2.75, 3.05) is 0 Å². The summed E-state index contributed by atoms with van der Waals surface area (Å²) >= 11 is 0. The molecule has 2 aromatic heterocycles. The van der Waals surface area contributed by atoms with E-state index in [2.05, 4.69) is 22.1 Å². The van der Waals surface area contributed by atoms with Crippen LogP contribution >= 0.6 is 0 Å². The number of rotatable bonds is 4. The van der Waals surface area contributed by atoms with Gasteiger partial charge in [-0.1, -0.05) is 36.4 Å². The molecule has 4 heteroatoms. The standard InChI is InChI=1S/C20H17N3O/c24-20(13-23-11-10-21-14-23)16-5-3-4-15(12-16)17-8-9-22-19-7-2-1-6-18(17)19/h1-12,14,20,24H,13H2. The number of imidazole rings is 1. The van der Waals surface area contributed by atoms with Crippen LogP contribution in [0.2, 0.25) is 0 Å². The number of nitrogens with zero attached hydrogens (tertiary/aromatic N) is 3. The number of aromatic nitrogens is 3. The van der Waals surface area contributed by atoms with Crippen LogP contribution in [0.4, 0.5) is 0 Å². The third-order valence-corrected chi connectivity index (χ3v) is 4.17. The molecule has 0 fully saturated rings. The van der Waals surface area contributed by atoms with Crippen LogP contribution in [0.1, 0.15) is 11.7 Å². The molecule has 1 atom stereocenters. The predicted molar refractivity (Wildman–Crippen MR) is 94.4 cm³/mol. The van der Waals surface area contributed by atoms with Crippen molar-refractivity contribution in [3.63, 3.8) is 0 Å². The second-order valence-corrected chi connectivity index (χ2v) is 5.78. The van der Waals surface area contributed by atoms with E-state index in [0.717, 1.165) is 27.6 Å². The summed E-state index contributed by atoms with van der Waals surface area (Å²) in [7, 11) is 0. The van der Waals surface area contributed by atoms with Gasteiger partial charge < -0.3 is 9.67 Å². The molecule has 0 aliphatic carbocycles. The lowest BCUT2D eigenvalue weighted by molar-refractivity contribution is 0.156. The molecule has 0 bridgehead atoms. The van der Waals surface area contributed by atoms with E-state index in [1.807, 2.05) is 59.4 Å². The number of hydrogen-bond acceptors (Lipinski definition) is 3. The fourth-order valence-electron chi connectivity index (χ4n) is 2.96. The van der Waals surface area contributed by atoms with Crippen LogP contribution in [0.5, 0.6) is 0 Å². The molecule has 0 aliphatic heterocycles. The summed E-state index contributed by atoms with van der Waals surface area (Å²) in [6.07, 6.45) is 6.53. The Balaban J connectivity index is 1.71. The molecule has 0 amide bonds. The van der Waals surface area contributed by atoms with Gasteiger partial charge in [-0.3, -0.25) is 4.98 Å². The van der Waals surface area contributed by atoms with Gasteiger partial charge in [-0.15, -0.1) is 0 Å². The van der Waals surface area contributed by atoms with Crippen LogP contribution in [0, 0.1) is 0 Å². The van der Waals surface area contributed by atoms with Gasteiger partial charge in [0.15, 0.2) is 0 Å². The summed E-state index contributed by atoms with van der Waals surface area (Å²) in [5, 5.41) is 11.6. The van der Waals surface area contributed by atoms with Gasteiger partial charge in [-0.25, -0.2) is 4.98 Å². The van der Waals surface area contributed by atoms with Gasteiger partial charge in [0.2, 0.25) is 0 Å². The van der Waals surface area contributed by atoms with Crippen LogP contribution in [-0.2, 0) is 6.54 Å². The number of pyridine rings is 1. The first-order valence-corrected chi connectivity index (χ1v) is 7.89. The predicted octanol–water partition coefficient (Wildman–Crippen LogP) is 3.83. The van der Waals surface area contributed by atoms with E-state index in [4.69, 9.17) is 0 Å². The zero-order chi connectivity index (χ0) is 16.4. The van der Waals surface area contributed by atoms with Crippen molar-refractivity contribution in [3.8, 4) is 11.1 Å². The lowest BCUT2D eigenvalue weighted by Gasteiger charge is -2.14. The van der Waals surface area contributed by atoms with Gasteiger partial charge in [-0.2, -0.15) is 0 Å². The minimum atomic E-state index is -0.577. The van der Waals surface area contributed by atoms with Crippen molar-refractivity contribution in [3.05, 3.63) is 85.1 Å². The normalized spacial score (nSPS) is 12.4. The van der Waals surface area contributed by atoms with Gasteiger partial charge in [0, 0.05) is 24.0 Å². The van der Waals surface area contributed by atoms with Crippen molar-refractivity contribution in [1.82, 2.24) is 14.5 Å². The number of aliphatic hydroxyl groups is 1. The summed E-state index contributed by atoms with van der Waals surface area (Å²) < 4.78 is 1.87. The van der Waals surface area contributed by atoms with E-state index in [1.54, 1.807) is 12.5 Å². The SMILES string of the molecule is OC(Cn1ccnc1)c1cccc(-c2ccnc3ccccc23)c1. The van der Waals surface area contributed by atoms with Gasteiger partial charge in [0.05, 0.1) is 24.5 Å². The molecule has 24 heavy (non-hydrogen) atoms. The van der Waals surface area contributed by atoms with Crippen LogP contribution in [0.25, 0.3) is 22.0 Å². The highest BCUT2D eigenvalue weighted by Crippen LogP contribution is 2.29. The maximum atomic E-state index is 10.5. The molecule has 4 nitrogen and oxygen atoms in total. The number of hydrogen-bond donors (Lipinski definition) is 1. The molecule has 4 aromatic rings. The second kappa shape index (κ2) is 6.26. The van der Waals surface area contributed by atoms with Crippen molar-refractivity contribution in [1.29, 1.82) is 0 Å². The van der Waals surface area contributed by atoms with E-state index in [-0.39, 0.29) is 0 Å². The van der Waals surface area contributed by atoms with Crippen LogP contribution in [0.15, 0.2) is 79.5 Å². The van der Waals surface area contributed by atoms with Gasteiger partial charge in [0.1, 0.15) is 0 Å². The molecule has 118 valence electrons. The van der Waals surface area contributed by atoms with Crippen molar-refractivity contribution < 1.29 is 5.11 Å². The fourth-order valence-corrected chi connectivity index (χ4v) is 2.96.